The maximum Gasteiger partial charge on any atom is 0.408 e. The molecule has 2 aromatic rings. The van der Waals surface area contributed by atoms with Crippen LogP contribution >= 0.6 is 11.8 Å². The molecule has 2 saturated heterocycles. The van der Waals surface area contributed by atoms with Crippen molar-refractivity contribution in [2.75, 3.05) is 18.9 Å². The number of aryl methyl sites for hydroxylation is 2. The standard InChI is InChI=1S/C43H56N6O13S/c1-25-11-10-12-26(2)37(25)41(58)61-23-32(50)30(21-36(54)55)46-39(56)28(45-40(57)29(18-19-35(52)53)48-43(60)62-22-27-13-4-3-5-14-27)15-8-9-20-44-34(51)17-7-6-16-33-38-31(24-63-33)47-42(59)49-38/h3-5,10-14,28-31,33,38H,6-9,15-24H2,1-2H3,(H,44,51)(H,45,57)(H,46,56)(H,48,60)(H,52,53)(H,54,55)(H2,47,49,59)/t28-,29-,30-,31-,33-,38-/m0/s1. The van der Waals surface area contributed by atoms with Gasteiger partial charge in [0.25, 0.3) is 0 Å². The van der Waals surface area contributed by atoms with Gasteiger partial charge >= 0.3 is 30.0 Å². The normalized spacial score (nSPS) is 17.7. The Morgan fingerprint density at radius 1 is 0.762 bits per heavy atom. The Morgan fingerprint density at radius 2 is 1.44 bits per heavy atom. The zero-order valence-electron chi connectivity index (χ0n) is 35.3. The van der Waals surface area contributed by atoms with E-state index in [0.717, 1.165) is 18.6 Å². The number of unbranched alkanes of at least 4 members (excludes halogenated alkanes) is 2. The number of alkyl carbamates (subject to hydrolysis) is 1. The summed E-state index contributed by atoms with van der Waals surface area (Å²) < 4.78 is 10.4. The molecule has 6 atom stereocenters. The average Bonchev–Trinajstić information content (AvgIpc) is 3.80. The summed E-state index contributed by atoms with van der Waals surface area (Å²) in [6.45, 7) is 2.56. The highest BCUT2D eigenvalue weighted by Gasteiger charge is 2.42. The number of thioether (sulfide) groups is 1. The van der Waals surface area contributed by atoms with Gasteiger partial charge in [-0.2, -0.15) is 11.8 Å². The predicted molar refractivity (Wildman–Crippen MR) is 229 cm³/mol. The molecule has 0 bridgehead atoms. The molecule has 0 aromatic heterocycles. The minimum absolute atomic E-state index is 0.0836. The molecule has 63 heavy (non-hydrogen) atoms. The lowest BCUT2D eigenvalue weighted by Gasteiger charge is -2.25. The second-order valence-corrected chi connectivity index (χ2v) is 16.7. The van der Waals surface area contributed by atoms with E-state index in [1.165, 1.54) is 0 Å². The summed E-state index contributed by atoms with van der Waals surface area (Å²) in [5.74, 6) is -5.74. The molecule has 342 valence electrons. The molecule has 0 saturated carbocycles. The highest BCUT2D eigenvalue weighted by atomic mass is 32.2. The molecule has 0 unspecified atom stereocenters. The number of amides is 6. The fraction of sp³-hybridized carbons (Fsp3) is 0.512. The molecule has 8 N–H and O–H groups in total. The highest BCUT2D eigenvalue weighted by molar-refractivity contribution is 8.00. The van der Waals surface area contributed by atoms with Gasteiger partial charge in [0.15, 0.2) is 12.4 Å². The Labute approximate surface area is 368 Å². The van der Waals surface area contributed by atoms with Crippen LogP contribution in [0, 0.1) is 13.8 Å². The topological polar surface area (TPSA) is 285 Å². The van der Waals surface area contributed by atoms with E-state index >= 15 is 0 Å². The van der Waals surface area contributed by atoms with Gasteiger partial charge in [-0.1, -0.05) is 55.0 Å². The first-order valence-corrected chi connectivity index (χ1v) is 21.9. The quantitative estimate of drug-likeness (QED) is 0.0383. The van der Waals surface area contributed by atoms with Crippen LogP contribution in [0.15, 0.2) is 48.5 Å². The second kappa shape index (κ2) is 25.1. The summed E-state index contributed by atoms with van der Waals surface area (Å²) in [5, 5.41) is 35.1. The van der Waals surface area contributed by atoms with E-state index in [1.807, 2.05) is 0 Å². The number of benzene rings is 2. The number of ketones is 1. The predicted octanol–water partition coefficient (Wildman–Crippen LogP) is 2.65. The van der Waals surface area contributed by atoms with Crippen LogP contribution in [0.1, 0.15) is 91.3 Å². The van der Waals surface area contributed by atoms with Crippen LogP contribution in [-0.2, 0) is 44.8 Å². The van der Waals surface area contributed by atoms with Gasteiger partial charge in [-0.05, 0) is 69.1 Å². The molecule has 2 aromatic carbocycles. The van der Waals surface area contributed by atoms with Crippen LogP contribution in [0.5, 0.6) is 0 Å². The van der Waals surface area contributed by atoms with Gasteiger partial charge in [0.1, 0.15) is 24.7 Å². The molecule has 2 aliphatic rings. The van der Waals surface area contributed by atoms with Crippen LogP contribution < -0.4 is 31.9 Å². The number of urea groups is 1. The average molecular weight is 897 g/mol. The van der Waals surface area contributed by atoms with Crippen molar-refractivity contribution in [3.8, 4) is 0 Å². The molecule has 2 heterocycles. The molecule has 2 aliphatic heterocycles. The molecular formula is C43H56N6O13S. The largest absolute Gasteiger partial charge is 0.481 e. The summed E-state index contributed by atoms with van der Waals surface area (Å²) >= 11 is 1.80. The lowest BCUT2D eigenvalue weighted by molar-refractivity contribution is -0.141. The van der Waals surface area contributed by atoms with Crippen LogP contribution in [0.3, 0.4) is 0 Å². The monoisotopic (exact) mass is 896 g/mol. The van der Waals surface area contributed by atoms with Crippen molar-refractivity contribution in [3.63, 3.8) is 0 Å². The number of hydrogen-bond donors (Lipinski definition) is 8. The fourth-order valence-corrected chi connectivity index (χ4v) is 8.73. The minimum atomic E-state index is -1.68. The maximum atomic E-state index is 13.8. The Morgan fingerprint density at radius 3 is 2.13 bits per heavy atom. The molecule has 0 spiro atoms. The van der Waals surface area contributed by atoms with Crippen molar-refractivity contribution in [3.05, 3.63) is 70.8 Å². The fourth-order valence-electron chi connectivity index (χ4n) is 7.19. The minimum Gasteiger partial charge on any atom is -0.481 e. The maximum absolute atomic E-state index is 13.8. The van der Waals surface area contributed by atoms with E-state index in [-0.39, 0.29) is 73.7 Å². The van der Waals surface area contributed by atoms with E-state index in [4.69, 9.17) is 9.47 Å². The summed E-state index contributed by atoms with van der Waals surface area (Å²) in [4.78, 5) is 114. The number of carbonyl (C=O) groups excluding carboxylic acids is 7. The SMILES string of the molecule is Cc1cccc(C)c1C(=O)OCC(=O)[C@H](CC(=O)O)NC(=O)[C@H](CCCCNC(=O)CCCC[C@@H]1SC[C@@H]2NC(=O)N[C@@H]21)NC(=O)[C@H](CCC(=O)O)NC(=O)OCc1ccccc1. The summed E-state index contributed by atoms with van der Waals surface area (Å²) in [6, 6.07) is 9.20. The zero-order valence-corrected chi connectivity index (χ0v) is 36.1. The first-order chi connectivity index (χ1) is 30.1. The van der Waals surface area contributed by atoms with Crippen LogP contribution in [-0.4, -0.2) is 118 Å². The van der Waals surface area contributed by atoms with Gasteiger partial charge in [-0.3, -0.25) is 28.8 Å². The van der Waals surface area contributed by atoms with E-state index in [9.17, 15) is 53.4 Å². The Hall–Kier alpha value is -6.18. The number of carboxylic acids is 2. The van der Waals surface area contributed by atoms with E-state index < -0.39 is 79.2 Å². The third-order valence-electron chi connectivity index (χ3n) is 10.5. The van der Waals surface area contributed by atoms with Crippen LogP contribution in [0.25, 0.3) is 0 Å². The Balaban J connectivity index is 1.36. The summed E-state index contributed by atoms with van der Waals surface area (Å²) in [6.07, 6.45) is 0.236. The van der Waals surface area contributed by atoms with Gasteiger partial charge in [-0.25, -0.2) is 14.4 Å². The lowest BCUT2D eigenvalue weighted by Crippen LogP contribution is -2.56. The van der Waals surface area contributed by atoms with Crippen molar-refractivity contribution in [2.45, 2.75) is 120 Å². The first-order valence-electron chi connectivity index (χ1n) is 20.8. The zero-order chi connectivity index (χ0) is 45.9. The molecule has 0 aliphatic carbocycles. The second-order valence-electron chi connectivity index (χ2n) is 15.4. The molecule has 2 fully saturated rings. The van der Waals surface area contributed by atoms with Crippen molar-refractivity contribution in [1.82, 2.24) is 31.9 Å². The third-order valence-corrected chi connectivity index (χ3v) is 12.0. The number of nitrogens with one attached hydrogen (secondary N) is 6. The lowest BCUT2D eigenvalue weighted by atomic mass is 10.0. The van der Waals surface area contributed by atoms with E-state index in [1.54, 1.807) is 74.1 Å². The van der Waals surface area contributed by atoms with Gasteiger partial charge in [-0.15, -0.1) is 0 Å². The molecule has 20 heteroatoms. The number of Topliss-reactive ketones (excluding diaryl/α,β-unsaturated/α-hetero) is 1. The van der Waals surface area contributed by atoms with Crippen molar-refractivity contribution >= 4 is 65.3 Å². The Bertz CT molecular complexity index is 1950. The number of fused-ring (bicyclic) bond motifs is 1. The number of aliphatic carboxylic acids is 2. The third kappa shape index (κ3) is 16.6. The smallest absolute Gasteiger partial charge is 0.408 e. The summed E-state index contributed by atoms with van der Waals surface area (Å²) in [7, 11) is 0. The van der Waals surface area contributed by atoms with Gasteiger partial charge in [0.2, 0.25) is 17.7 Å². The van der Waals surface area contributed by atoms with Crippen LogP contribution in [0.4, 0.5) is 9.59 Å². The van der Waals surface area contributed by atoms with E-state index in [2.05, 4.69) is 31.9 Å². The highest BCUT2D eigenvalue weighted by Crippen LogP contribution is 2.33. The number of rotatable bonds is 26. The van der Waals surface area contributed by atoms with Crippen molar-refractivity contribution < 1.29 is 62.8 Å². The number of carboxylic acid groups (broad SMARTS) is 2. The first kappa shape index (κ1) is 49.5. The number of ether oxygens (including phenoxy) is 2. The van der Waals surface area contributed by atoms with Crippen molar-refractivity contribution in [1.29, 1.82) is 0 Å². The number of hydrogen-bond acceptors (Lipinski definition) is 12. The molecular weight excluding hydrogens is 841 g/mol. The Kier molecular flexibility index (Phi) is 19.7. The number of esters is 1. The van der Waals surface area contributed by atoms with E-state index in [0.29, 0.717) is 29.5 Å². The van der Waals surface area contributed by atoms with Gasteiger partial charge in [0.05, 0.1) is 24.1 Å². The van der Waals surface area contributed by atoms with Gasteiger partial charge in [0, 0.05) is 30.4 Å². The summed E-state index contributed by atoms with van der Waals surface area (Å²) in [5.41, 5.74) is 2.06. The molecule has 19 nitrogen and oxygen atoms in total. The number of carbonyl (C=O) groups is 9. The van der Waals surface area contributed by atoms with Crippen molar-refractivity contribution in [2.24, 2.45) is 0 Å². The molecule has 0 radical (unpaired) electrons. The molecule has 6 amide bonds. The molecule has 4 rings (SSSR count). The van der Waals surface area contributed by atoms with Gasteiger partial charge < -0.3 is 51.6 Å². The van der Waals surface area contributed by atoms with Crippen LogP contribution in [0.2, 0.25) is 0 Å².